The van der Waals surface area contributed by atoms with Crippen molar-refractivity contribution in [3.05, 3.63) is 86.7 Å². The number of aromatic nitrogens is 2. The maximum absolute atomic E-state index is 12.7. The second-order valence-electron chi connectivity index (χ2n) is 7.58. The molecule has 0 atom stereocenters. The number of aromatic amines is 2. The second-order valence-corrected chi connectivity index (χ2v) is 9.23. The number of hydrogen-bond acceptors (Lipinski definition) is 7. The Balaban J connectivity index is 1.65. The van der Waals surface area contributed by atoms with Crippen molar-refractivity contribution in [2.75, 3.05) is 11.3 Å². The molecule has 0 fully saturated rings. The van der Waals surface area contributed by atoms with Crippen molar-refractivity contribution in [3.63, 3.8) is 0 Å². The number of hydrazine groups is 1. The van der Waals surface area contributed by atoms with E-state index in [0.717, 1.165) is 25.5 Å². The van der Waals surface area contributed by atoms with E-state index in [9.17, 15) is 27.6 Å². The summed E-state index contributed by atoms with van der Waals surface area (Å²) >= 11 is 0. The molecule has 0 aliphatic rings. The third kappa shape index (κ3) is 6.82. The molecule has 0 aliphatic heterocycles. The molecule has 0 radical (unpaired) electrons. The summed E-state index contributed by atoms with van der Waals surface area (Å²) in [7, 11) is -4.45. The van der Waals surface area contributed by atoms with E-state index in [1.165, 1.54) is 24.3 Å². The normalized spacial score (nSPS) is 10.9. The van der Waals surface area contributed by atoms with Gasteiger partial charge >= 0.3 is 5.69 Å². The molecular formula is C23H25N5O7S. The number of hydrogen-bond donors (Lipinski definition) is 5. The first-order valence-corrected chi connectivity index (χ1v) is 12.5. The van der Waals surface area contributed by atoms with Crippen LogP contribution in [0.3, 0.4) is 0 Å². The number of sulfonamides is 1. The van der Waals surface area contributed by atoms with Crippen LogP contribution in [0.25, 0.3) is 0 Å². The zero-order valence-corrected chi connectivity index (χ0v) is 20.1. The van der Waals surface area contributed by atoms with Crippen molar-refractivity contribution < 1.29 is 22.7 Å². The largest absolute Gasteiger partial charge is 0.494 e. The average molecular weight is 516 g/mol. The maximum atomic E-state index is 12.7. The van der Waals surface area contributed by atoms with E-state index >= 15 is 0 Å². The molecule has 13 heteroatoms. The molecule has 3 aromatic rings. The first-order chi connectivity index (χ1) is 17.2. The zero-order chi connectivity index (χ0) is 26.1. The summed E-state index contributed by atoms with van der Waals surface area (Å²) in [6, 6.07) is 11.9. The number of carbonyl (C=O) groups is 2. The molecule has 0 saturated heterocycles. The van der Waals surface area contributed by atoms with Crippen molar-refractivity contribution in [2.24, 2.45) is 0 Å². The SMILES string of the molecule is CCCCCOc1ccc(C(=O)NNC(=O)c2ccccc2NS(=O)(=O)c2c[nH]c(=O)[nH]c2=O)cc1. The van der Waals surface area contributed by atoms with Crippen molar-refractivity contribution in [1.29, 1.82) is 0 Å². The Labute approximate surface area is 206 Å². The van der Waals surface area contributed by atoms with Crippen LogP contribution in [0.2, 0.25) is 0 Å². The molecule has 0 unspecified atom stereocenters. The minimum Gasteiger partial charge on any atom is -0.494 e. The van der Waals surface area contributed by atoms with Gasteiger partial charge < -0.3 is 9.72 Å². The molecule has 2 aromatic carbocycles. The Kier molecular flexibility index (Phi) is 8.62. The fourth-order valence-corrected chi connectivity index (χ4v) is 4.15. The van der Waals surface area contributed by atoms with Crippen LogP contribution in [0.15, 0.2) is 69.2 Å². The molecule has 0 aliphatic carbocycles. The monoisotopic (exact) mass is 515 g/mol. The van der Waals surface area contributed by atoms with Gasteiger partial charge in [0.05, 0.1) is 17.9 Å². The highest BCUT2D eigenvalue weighted by atomic mass is 32.2. The van der Waals surface area contributed by atoms with Gasteiger partial charge in [-0.05, 0) is 42.8 Å². The third-order valence-corrected chi connectivity index (χ3v) is 6.28. The lowest BCUT2D eigenvalue weighted by Crippen LogP contribution is -2.42. The topological polar surface area (TPSA) is 179 Å². The van der Waals surface area contributed by atoms with Crippen LogP contribution in [0.4, 0.5) is 5.69 Å². The summed E-state index contributed by atoms with van der Waals surface area (Å²) in [5.74, 6) is -0.791. The van der Waals surface area contributed by atoms with Gasteiger partial charge in [0.2, 0.25) is 0 Å². The number of para-hydroxylation sites is 1. The number of nitrogens with one attached hydrogen (secondary N) is 5. The standard InChI is InChI=1S/C23H25N5O7S/c1-2-3-6-13-35-16-11-9-15(10-12-16)20(29)26-27-21(30)17-7-4-5-8-18(17)28-36(33,34)19-14-24-23(32)25-22(19)31/h4-5,7-12,14,28H,2-3,6,13H2,1H3,(H,26,29)(H,27,30)(H2,24,25,31,32). The predicted molar refractivity (Wildman–Crippen MR) is 131 cm³/mol. The number of amides is 2. The molecule has 1 heterocycles. The smallest absolute Gasteiger partial charge is 0.325 e. The Bertz CT molecular complexity index is 1450. The number of unbranched alkanes of at least 4 members (excludes halogenated alkanes) is 2. The number of rotatable bonds is 10. The Morgan fingerprint density at radius 3 is 2.33 bits per heavy atom. The molecule has 0 saturated carbocycles. The van der Waals surface area contributed by atoms with E-state index in [-0.39, 0.29) is 16.8 Å². The van der Waals surface area contributed by atoms with Crippen molar-refractivity contribution in [3.8, 4) is 5.75 Å². The molecule has 0 spiro atoms. The van der Waals surface area contributed by atoms with E-state index in [2.05, 4.69) is 27.5 Å². The van der Waals surface area contributed by atoms with Gasteiger partial charge in [-0.2, -0.15) is 0 Å². The van der Waals surface area contributed by atoms with Gasteiger partial charge in [-0.3, -0.25) is 34.9 Å². The van der Waals surface area contributed by atoms with E-state index in [4.69, 9.17) is 4.74 Å². The minimum absolute atomic E-state index is 0.127. The van der Waals surface area contributed by atoms with Crippen LogP contribution >= 0.6 is 0 Å². The van der Waals surface area contributed by atoms with Crippen LogP contribution in [-0.2, 0) is 10.0 Å². The van der Waals surface area contributed by atoms with Crippen LogP contribution in [0, 0.1) is 0 Å². The highest BCUT2D eigenvalue weighted by Gasteiger charge is 2.22. The predicted octanol–water partition coefficient (Wildman–Crippen LogP) is 1.51. The molecule has 5 N–H and O–H groups in total. The van der Waals surface area contributed by atoms with E-state index in [1.807, 2.05) is 4.98 Å². The maximum Gasteiger partial charge on any atom is 0.325 e. The van der Waals surface area contributed by atoms with Gasteiger partial charge in [-0.1, -0.05) is 31.9 Å². The van der Waals surface area contributed by atoms with Gasteiger partial charge in [0.25, 0.3) is 27.4 Å². The fraction of sp³-hybridized carbons (Fsp3) is 0.217. The Morgan fingerprint density at radius 1 is 0.944 bits per heavy atom. The number of ether oxygens (including phenoxy) is 1. The second kappa shape index (κ2) is 11.8. The highest BCUT2D eigenvalue weighted by Crippen LogP contribution is 2.18. The number of anilines is 1. The van der Waals surface area contributed by atoms with E-state index in [0.29, 0.717) is 12.4 Å². The van der Waals surface area contributed by atoms with Crippen LogP contribution in [0.1, 0.15) is 46.9 Å². The number of benzene rings is 2. The van der Waals surface area contributed by atoms with Gasteiger partial charge in [-0.15, -0.1) is 0 Å². The molecule has 36 heavy (non-hydrogen) atoms. The van der Waals surface area contributed by atoms with Crippen LogP contribution < -0.4 is 31.6 Å². The van der Waals surface area contributed by atoms with Gasteiger partial charge in [0, 0.05) is 11.8 Å². The van der Waals surface area contributed by atoms with Crippen LogP contribution in [0.5, 0.6) is 5.75 Å². The quantitative estimate of drug-likeness (QED) is 0.200. The van der Waals surface area contributed by atoms with Gasteiger partial charge in [0.1, 0.15) is 5.75 Å². The van der Waals surface area contributed by atoms with Crippen molar-refractivity contribution in [2.45, 2.75) is 31.1 Å². The molecular weight excluding hydrogens is 490 g/mol. The summed E-state index contributed by atoms with van der Waals surface area (Å²) in [4.78, 5) is 51.3. The van der Waals surface area contributed by atoms with Crippen LogP contribution in [-0.4, -0.2) is 36.8 Å². The van der Waals surface area contributed by atoms with E-state index < -0.39 is 38.0 Å². The van der Waals surface area contributed by atoms with Crippen molar-refractivity contribution in [1.82, 2.24) is 20.8 Å². The molecule has 0 bridgehead atoms. The van der Waals surface area contributed by atoms with Gasteiger partial charge in [-0.25, -0.2) is 13.2 Å². The lowest BCUT2D eigenvalue weighted by atomic mass is 10.2. The fourth-order valence-electron chi connectivity index (χ4n) is 3.06. The molecule has 190 valence electrons. The number of carbonyl (C=O) groups excluding carboxylic acids is 2. The molecule has 1 aromatic heterocycles. The summed E-state index contributed by atoms with van der Waals surface area (Å²) in [6.07, 6.45) is 3.83. The Morgan fingerprint density at radius 2 is 1.64 bits per heavy atom. The summed E-state index contributed by atoms with van der Waals surface area (Å²) in [5, 5.41) is 0. The lowest BCUT2D eigenvalue weighted by Gasteiger charge is -2.13. The van der Waals surface area contributed by atoms with E-state index in [1.54, 1.807) is 24.3 Å². The first kappa shape index (κ1) is 26.2. The van der Waals surface area contributed by atoms with Crippen molar-refractivity contribution >= 4 is 27.5 Å². The number of H-pyrrole nitrogens is 2. The van der Waals surface area contributed by atoms with Gasteiger partial charge in [0.15, 0.2) is 4.90 Å². The first-order valence-electron chi connectivity index (χ1n) is 11.0. The molecule has 12 nitrogen and oxygen atoms in total. The summed E-state index contributed by atoms with van der Waals surface area (Å²) < 4.78 is 33.0. The summed E-state index contributed by atoms with van der Waals surface area (Å²) in [5.41, 5.74) is 2.47. The summed E-state index contributed by atoms with van der Waals surface area (Å²) in [6.45, 7) is 2.68. The molecule has 3 rings (SSSR count). The molecule has 2 amide bonds. The third-order valence-electron chi connectivity index (χ3n) is 4.91. The minimum atomic E-state index is -4.45. The average Bonchev–Trinajstić information content (AvgIpc) is 2.85. The highest BCUT2D eigenvalue weighted by molar-refractivity contribution is 7.92. The Hall–Kier alpha value is -4.39. The lowest BCUT2D eigenvalue weighted by molar-refractivity contribution is 0.0847. The zero-order valence-electron chi connectivity index (χ0n) is 19.3.